The molecule has 0 heterocycles. The van der Waals surface area contributed by atoms with Crippen molar-refractivity contribution in [2.45, 2.75) is 65.6 Å². The maximum Gasteiger partial charge on any atom is 0.344 e. The third kappa shape index (κ3) is 8.98. The minimum Gasteiger partial charge on any atom is -0.489 e. The molecule has 0 saturated heterocycles. The Balaban J connectivity index is 1.73. The first-order valence-electron chi connectivity index (χ1n) is 12.4. The summed E-state index contributed by atoms with van der Waals surface area (Å²) in [6, 6.07) is 22.3. The fraction of sp³-hybridized carbons (Fsp3) is 0.355. The number of hydrogen-bond donors (Lipinski definition) is 1. The van der Waals surface area contributed by atoms with Gasteiger partial charge in [-0.05, 0) is 45.2 Å². The Labute approximate surface area is 219 Å². The molecule has 3 rings (SSSR count). The van der Waals surface area contributed by atoms with Gasteiger partial charge >= 0.3 is 5.97 Å². The molecule has 37 heavy (non-hydrogen) atoms. The highest BCUT2D eigenvalue weighted by Gasteiger charge is 2.14. The normalized spacial score (nSPS) is 11.9. The predicted octanol–water partition coefficient (Wildman–Crippen LogP) is 6.87. The number of aliphatic carboxylic acids is 1. The van der Waals surface area contributed by atoms with Crippen molar-refractivity contribution in [2.75, 3.05) is 6.61 Å². The minimum absolute atomic E-state index is 0.0923. The number of ether oxygens (including phenoxy) is 2. The van der Waals surface area contributed by atoms with Gasteiger partial charge in [-0.2, -0.15) is 0 Å². The van der Waals surface area contributed by atoms with E-state index < -0.39 is 12.6 Å². The van der Waals surface area contributed by atoms with E-state index in [1.54, 1.807) is 0 Å². The fourth-order valence-corrected chi connectivity index (χ4v) is 3.56. The largest absolute Gasteiger partial charge is 0.489 e. The molecule has 0 unspecified atom stereocenters. The van der Waals surface area contributed by atoms with Crippen LogP contribution in [0.1, 0.15) is 69.4 Å². The number of carboxylic acid groups (broad SMARTS) is 1. The predicted molar refractivity (Wildman–Crippen MR) is 147 cm³/mol. The molecule has 0 fully saturated rings. The fourth-order valence-electron chi connectivity index (χ4n) is 3.56. The maximum atomic E-state index is 10.7. The number of carboxylic acids is 1. The molecule has 0 radical (unpaired) electrons. The van der Waals surface area contributed by atoms with E-state index in [2.05, 4.69) is 95.2 Å². The average Bonchev–Trinajstić information content (AvgIpc) is 2.83. The lowest BCUT2D eigenvalue weighted by atomic mass is 9.87. The van der Waals surface area contributed by atoms with E-state index in [0.717, 1.165) is 11.1 Å². The van der Waals surface area contributed by atoms with E-state index >= 15 is 0 Å². The molecule has 0 aliphatic rings. The van der Waals surface area contributed by atoms with Crippen LogP contribution < -0.4 is 9.47 Å². The zero-order valence-corrected chi connectivity index (χ0v) is 22.6. The Kier molecular flexibility index (Phi) is 8.98. The van der Waals surface area contributed by atoms with Gasteiger partial charge in [0.05, 0.1) is 6.21 Å². The second-order valence-electron chi connectivity index (χ2n) is 11.1. The molecule has 0 aliphatic heterocycles. The van der Waals surface area contributed by atoms with Crippen LogP contribution in [-0.4, -0.2) is 23.9 Å². The summed E-state index contributed by atoms with van der Waals surface area (Å²) in [5, 5.41) is 12.5. The van der Waals surface area contributed by atoms with Gasteiger partial charge < -0.3 is 19.4 Å². The summed E-state index contributed by atoms with van der Waals surface area (Å²) < 4.78 is 12.1. The first-order valence-corrected chi connectivity index (χ1v) is 12.4. The van der Waals surface area contributed by atoms with Crippen LogP contribution in [0.4, 0.5) is 0 Å². The lowest BCUT2D eigenvalue weighted by Gasteiger charge is -2.19. The second-order valence-corrected chi connectivity index (χ2v) is 11.1. The maximum absolute atomic E-state index is 10.7. The highest BCUT2D eigenvalue weighted by atomic mass is 16.6. The summed E-state index contributed by atoms with van der Waals surface area (Å²) in [6.45, 7) is 13.4. The van der Waals surface area contributed by atoms with Crippen molar-refractivity contribution in [3.05, 3.63) is 94.5 Å². The van der Waals surface area contributed by atoms with Crippen LogP contribution in [0.2, 0.25) is 0 Å². The molecule has 0 saturated carbocycles. The molecule has 0 atom stereocenters. The summed E-state index contributed by atoms with van der Waals surface area (Å²) >= 11 is 0. The Hall–Kier alpha value is -3.80. The number of rotatable bonds is 10. The van der Waals surface area contributed by atoms with Gasteiger partial charge in [-0.3, -0.25) is 0 Å². The van der Waals surface area contributed by atoms with E-state index in [9.17, 15) is 4.79 Å². The zero-order valence-electron chi connectivity index (χ0n) is 22.6. The molecule has 0 aromatic heterocycles. The second kappa shape index (κ2) is 12.0. The molecule has 0 aliphatic carbocycles. The van der Waals surface area contributed by atoms with Gasteiger partial charge in [-0.15, -0.1) is 0 Å². The molecule has 6 nitrogen and oxygen atoms in total. The van der Waals surface area contributed by atoms with E-state index in [1.807, 2.05) is 18.2 Å². The van der Waals surface area contributed by atoms with Crippen LogP contribution in [0, 0.1) is 0 Å². The van der Waals surface area contributed by atoms with Gasteiger partial charge in [0.2, 0.25) is 6.61 Å². The quantitative estimate of drug-likeness (QED) is 0.241. The highest BCUT2D eigenvalue weighted by molar-refractivity contribution is 5.80. The van der Waals surface area contributed by atoms with Gasteiger partial charge in [0, 0.05) is 11.6 Å². The van der Waals surface area contributed by atoms with Crippen LogP contribution >= 0.6 is 0 Å². The van der Waals surface area contributed by atoms with Crippen LogP contribution in [-0.2, 0) is 33.7 Å². The van der Waals surface area contributed by atoms with Crippen molar-refractivity contribution < 1.29 is 24.2 Å². The number of nitrogens with zero attached hydrogens (tertiary/aromatic N) is 1. The van der Waals surface area contributed by atoms with Gasteiger partial charge in [-0.25, -0.2) is 4.79 Å². The lowest BCUT2D eigenvalue weighted by molar-refractivity contribution is -0.142. The van der Waals surface area contributed by atoms with E-state index in [1.165, 1.54) is 17.3 Å². The van der Waals surface area contributed by atoms with Crippen molar-refractivity contribution in [3.63, 3.8) is 0 Å². The molecular formula is C31H37NO5. The Morgan fingerprint density at radius 1 is 0.757 bits per heavy atom. The SMILES string of the molecule is CC(C)(C)c1ccc(COc2cc(/C=N\OCC(=O)O)cc(OCc3ccc(C(C)(C)C)cc3)c2)cc1. The summed E-state index contributed by atoms with van der Waals surface area (Å²) in [6.07, 6.45) is 1.44. The number of hydrogen-bond acceptors (Lipinski definition) is 5. The van der Waals surface area contributed by atoms with Gasteiger partial charge in [0.15, 0.2) is 0 Å². The van der Waals surface area contributed by atoms with Gasteiger partial charge in [-0.1, -0.05) is 95.2 Å². The molecule has 3 aromatic carbocycles. The zero-order chi connectivity index (χ0) is 27.1. The molecule has 196 valence electrons. The monoisotopic (exact) mass is 503 g/mol. The Bertz CT molecular complexity index is 1120. The van der Waals surface area contributed by atoms with E-state index in [-0.39, 0.29) is 10.8 Å². The molecule has 6 heteroatoms. The molecule has 0 amide bonds. The summed E-state index contributed by atoms with van der Waals surface area (Å²) in [4.78, 5) is 15.5. The third-order valence-corrected chi connectivity index (χ3v) is 5.82. The average molecular weight is 504 g/mol. The smallest absolute Gasteiger partial charge is 0.344 e. The summed E-state index contributed by atoms with van der Waals surface area (Å²) in [5.74, 6) is 0.133. The van der Waals surface area contributed by atoms with E-state index in [0.29, 0.717) is 30.3 Å². The topological polar surface area (TPSA) is 77.4 Å². The lowest BCUT2D eigenvalue weighted by Crippen LogP contribution is -2.11. The molecule has 1 N–H and O–H groups in total. The summed E-state index contributed by atoms with van der Waals surface area (Å²) in [7, 11) is 0. The number of oxime groups is 1. The molecule has 3 aromatic rings. The molecule has 0 bridgehead atoms. The first kappa shape index (κ1) is 27.8. The third-order valence-electron chi connectivity index (χ3n) is 5.82. The standard InChI is InChI=1S/C31H37NO5/c1-30(2,3)25-11-7-22(8-12-25)19-35-27-15-24(18-32-37-21-29(33)34)16-28(17-27)36-20-23-9-13-26(14-10-23)31(4,5)6/h7-18H,19-21H2,1-6H3,(H,33,34)/b32-18-. The van der Waals surface area contributed by atoms with Crippen LogP contribution in [0.25, 0.3) is 0 Å². The first-order chi connectivity index (χ1) is 17.4. The molecule has 0 spiro atoms. The van der Waals surface area contributed by atoms with Gasteiger partial charge in [0.1, 0.15) is 24.7 Å². The van der Waals surface area contributed by atoms with Crippen molar-refractivity contribution in [2.24, 2.45) is 5.16 Å². The Morgan fingerprint density at radius 2 is 1.19 bits per heavy atom. The highest BCUT2D eigenvalue weighted by Crippen LogP contribution is 2.26. The minimum atomic E-state index is -1.09. The van der Waals surface area contributed by atoms with Crippen molar-refractivity contribution in [1.82, 2.24) is 0 Å². The number of benzene rings is 3. The van der Waals surface area contributed by atoms with Crippen molar-refractivity contribution in [1.29, 1.82) is 0 Å². The van der Waals surface area contributed by atoms with Crippen LogP contribution in [0.15, 0.2) is 71.9 Å². The van der Waals surface area contributed by atoms with E-state index in [4.69, 9.17) is 19.4 Å². The van der Waals surface area contributed by atoms with Crippen LogP contribution in [0.3, 0.4) is 0 Å². The Morgan fingerprint density at radius 3 is 1.57 bits per heavy atom. The molecular weight excluding hydrogens is 466 g/mol. The summed E-state index contributed by atoms with van der Waals surface area (Å²) in [5.41, 5.74) is 5.49. The van der Waals surface area contributed by atoms with Crippen LogP contribution in [0.5, 0.6) is 11.5 Å². The number of carbonyl (C=O) groups is 1. The van der Waals surface area contributed by atoms with Crippen molar-refractivity contribution >= 4 is 12.2 Å². The van der Waals surface area contributed by atoms with Crippen molar-refractivity contribution in [3.8, 4) is 11.5 Å². The van der Waals surface area contributed by atoms with Gasteiger partial charge in [0.25, 0.3) is 0 Å².